The van der Waals surface area contributed by atoms with Gasteiger partial charge in [-0.3, -0.25) is 9.69 Å². The number of nitrogens with zero attached hydrogens (tertiary/aromatic N) is 1. The van der Waals surface area contributed by atoms with Crippen LogP contribution in [0.5, 0.6) is 11.5 Å². The van der Waals surface area contributed by atoms with Crippen molar-refractivity contribution in [2.45, 2.75) is 43.7 Å². The lowest BCUT2D eigenvalue weighted by Gasteiger charge is -2.52. The number of benzene rings is 3. The average Bonchev–Trinajstić information content (AvgIpc) is 3.32. The molecule has 0 bridgehead atoms. The Kier molecular flexibility index (Phi) is 5.42. The van der Waals surface area contributed by atoms with Gasteiger partial charge in [0.2, 0.25) is 12.7 Å². The van der Waals surface area contributed by atoms with Gasteiger partial charge in [-0.25, -0.2) is 0 Å². The number of hydrogen-bond acceptors (Lipinski definition) is 5. The minimum absolute atomic E-state index is 0.0386. The fourth-order valence-corrected chi connectivity index (χ4v) is 6.17. The Morgan fingerprint density at radius 1 is 1.03 bits per heavy atom. The molecule has 2 N–H and O–H groups in total. The monoisotopic (exact) mass is 458 g/mol. The summed E-state index contributed by atoms with van der Waals surface area (Å²) >= 11 is 0. The van der Waals surface area contributed by atoms with E-state index in [1.165, 1.54) is 0 Å². The van der Waals surface area contributed by atoms with Gasteiger partial charge < -0.3 is 19.9 Å². The van der Waals surface area contributed by atoms with E-state index in [-0.39, 0.29) is 31.2 Å². The summed E-state index contributed by atoms with van der Waals surface area (Å²) < 4.78 is 11.2. The Morgan fingerprint density at radius 3 is 2.82 bits per heavy atom. The molecule has 3 atom stereocenters. The van der Waals surface area contributed by atoms with Crippen LogP contribution in [0.4, 0.5) is 5.69 Å². The normalized spacial score (nSPS) is 26.3. The predicted octanol–water partition coefficient (Wildman–Crippen LogP) is 4.88. The number of aliphatic hydroxyl groups is 1. The SMILES string of the molecule is O=C(CN1CC[C@]2(O)CCCC[C@@H]2[C@@H]1c1ccc2c(c1)OCO2)Nc1cccc2ccccc12. The van der Waals surface area contributed by atoms with Crippen molar-refractivity contribution in [2.75, 3.05) is 25.2 Å². The maximum Gasteiger partial charge on any atom is 0.238 e. The maximum atomic E-state index is 13.3. The standard InChI is InChI=1S/C28H30N2O4/c31-26(29-23-10-5-7-19-6-1-2-8-21(19)23)17-30-15-14-28(32)13-4-3-9-22(28)27(30)20-11-12-24-25(16-20)34-18-33-24/h1-2,5-8,10-12,16,22,27,32H,3-4,9,13-15,17-18H2,(H,29,31)/t22-,27+,28-/m1/s1. The second kappa shape index (κ2) is 8.60. The lowest BCUT2D eigenvalue weighted by atomic mass is 9.66. The van der Waals surface area contributed by atoms with Crippen molar-refractivity contribution < 1.29 is 19.4 Å². The van der Waals surface area contributed by atoms with E-state index >= 15 is 0 Å². The average molecular weight is 459 g/mol. The number of carbonyl (C=O) groups is 1. The molecule has 3 aromatic carbocycles. The Labute approximate surface area is 199 Å². The molecule has 1 amide bonds. The molecule has 6 nitrogen and oxygen atoms in total. The van der Waals surface area contributed by atoms with Crippen molar-refractivity contribution in [1.82, 2.24) is 4.90 Å². The Balaban J connectivity index is 1.29. The third-order valence-electron chi connectivity index (χ3n) is 7.82. The highest BCUT2D eigenvalue weighted by Crippen LogP contribution is 2.50. The third kappa shape index (κ3) is 3.81. The predicted molar refractivity (Wildman–Crippen MR) is 131 cm³/mol. The molecule has 2 aliphatic heterocycles. The van der Waals surface area contributed by atoms with Crippen LogP contribution < -0.4 is 14.8 Å². The van der Waals surface area contributed by atoms with Crippen LogP contribution in [-0.4, -0.2) is 41.4 Å². The van der Waals surface area contributed by atoms with E-state index in [4.69, 9.17) is 9.47 Å². The molecule has 1 saturated heterocycles. The number of carbonyl (C=O) groups excluding carboxylic acids is 1. The van der Waals surface area contributed by atoms with Crippen molar-refractivity contribution >= 4 is 22.4 Å². The van der Waals surface area contributed by atoms with E-state index in [0.717, 1.165) is 59.2 Å². The quantitative estimate of drug-likeness (QED) is 0.583. The molecule has 2 heterocycles. The van der Waals surface area contributed by atoms with Crippen molar-refractivity contribution in [1.29, 1.82) is 0 Å². The van der Waals surface area contributed by atoms with Gasteiger partial charge in [-0.2, -0.15) is 0 Å². The van der Waals surface area contributed by atoms with E-state index in [2.05, 4.69) is 28.4 Å². The van der Waals surface area contributed by atoms with Crippen molar-refractivity contribution in [3.05, 3.63) is 66.2 Å². The highest BCUT2D eigenvalue weighted by molar-refractivity contribution is 6.02. The molecule has 0 unspecified atom stereocenters. The van der Waals surface area contributed by atoms with Crippen molar-refractivity contribution in [3.8, 4) is 11.5 Å². The molecule has 34 heavy (non-hydrogen) atoms. The first-order valence-electron chi connectivity index (χ1n) is 12.2. The van der Waals surface area contributed by atoms with Crippen LogP contribution in [0.25, 0.3) is 10.8 Å². The fraction of sp³-hybridized carbons (Fsp3) is 0.393. The second-order valence-electron chi connectivity index (χ2n) is 9.81. The van der Waals surface area contributed by atoms with Gasteiger partial charge in [0.1, 0.15) is 0 Å². The number of anilines is 1. The topological polar surface area (TPSA) is 71.0 Å². The molecule has 2 fully saturated rings. The van der Waals surface area contributed by atoms with Crippen molar-refractivity contribution in [3.63, 3.8) is 0 Å². The molecule has 6 rings (SSSR count). The zero-order valence-corrected chi connectivity index (χ0v) is 19.2. The Bertz CT molecular complexity index is 1220. The summed E-state index contributed by atoms with van der Waals surface area (Å²) in [4.78, 5) is 15.5. The summed E-state index contributed by atoms with van der Waals surface area (Å²) in [5, 5.41) is 16.8. The zero-order chi connectivity index (χ0) is 23.1. The molecule has 3 aromatic rings. The van der Waals surface area contributed by atoms with Gasteiger partial charge >= 0.3 is 0 Å². The Morgan fingerprint density at radius 2 is 1.88 bits per heavy atom. The number of likely N-dealkylation sites (tertiary alicyclic amines) is 1. The molecular weight excluding hydrogens is 428 g/mol. The minimum atomic E-state index is -0.679. The number of nitrogens with one attached hydrogen (secondary N) is 1. The zero-order valence-electron chi connectivity index (χ0n) is 19.2. The van der Waals surface area contributed by atoms with Gasteiger partial charge in [-0.15, -0.1) is 0 Å². The van der Waals surface area contributed by atoms with Gasteiger partial charge in [0, 0.05) is 29.6 Å². The lowest BCUT2D eigenvalue weighted by Crippen LogP contribution is -2.56. The molecule has 1 aliphatic carbocycles. The number of ether oxygens (including phenoxy) is 2. The van der Waals surface area contributed by atoms with E-state index in [1.54, 1.807) is 0 Å². The van der Waals surface area contributed by atoms with Crippen LogP contribution in [0.15, 0.2) is 60.7 Å². The largest absolute Gasteiger partial charge is 0.454 e. The first kappa shape index (κ1) is 21.4. The Hall–Kier alpha value is -3.09. The van der Waals surface area contributed by atoms with Crippen LogP contribution in [0, 0.1) is 5.92 Å². The van der Waals surface area contributed by atoms with E-state index in [1.807, 2.05) is 42.5 Å². The van der Waals surface area contributed by atoms with E-state index in [9.17, 15) is 9.90 Å². The number of amides is 1. The van der Waals surface area contributed by atoms with Gasteiger partial charge in [-0.1, -0.05) is 55.3 Å². The molecule has 0 radical (unpaired) electrons. The number of rotatable bonds is 4. The van der Waals surface area contributed by atoms with Gasteiger partial charge in [0.25, 0.3) is 0 Å². The summed E-state index contributed by atoms with van der Waals surface area (Å²) in [7, 11) is 0. The number of piperidine rings is 1. The molecule has 176 valence electrons. The molecular formula is C28H30N2O4. The first-order chi connectivity index (χ1) is 16.6. The van der Waals surface area contributed by atoms with Gasteiger partial charge in [-0.05, 0) is 48.4 Å². The summed E-state index contributed by atoms with van der Waals surface area (Å²) in [6.07, 6.45) is 4.64. The molecule has 3 aliphatic rings. The minimum Gasteiger partial charge on any atom is -0.454 e. The van der Waals surface area contributed by atoms with Crippen LogP contribution in [0.2, 0.25) is 0 Å². The van der Waals surface area contributed by atoms with Crippen LogP contribution >= 0.6 is 0 Å². The molecule has 0 aromatic heterocycles. The second-order valence-corrected chi connectivity index (χ2v) is 9.81. The lowest BCUT2D eigenvalue weighted by molar-refractivity contribution is -0.135. The van der Waals surface area contributed by atoms with E-state index in [0.29, 0.717) is 13.0 Å². The maximum absolute atomic E-state index is 13.3. The molecule has 6 heteroatoms. The highest BCUT2D eigenvalue weighted by atomic mass is 16.7. The molecule has 1 saturated carbocycles. The summed E-state index contributed by atoms with van der Waals surface area (Å²) in [5.41, 5.74) is 1.23. The molecule has 0 spiro atoms. The van der Waals surface area contributed by atoms with Crippen LogP contribution in [0.1, 0.15) is 43.7 Å². The number of fused-ring (bicyclic) bond motifs is 3. The fourth-order valence-electron chi connectivity index (χ4n) is 6.17. The van der Waals surface area contributed by atoms with Gasteiger partial charge in [0.05, 0.1) is 12.1 Å². The van der Waals surface area contributed by atoms with Gasteiger partial charge in [0.15, 0.2) is 11.5 Å². The van der Waals surface area contributed by atoms with E-state index < -0.39 is 5.60 Å². The first-order valence-corrected chi connectivity index (χ1v) is 12.2. The van der Waals surface area contributed by atoms with Crippen LogP contribution in [0.3, 0.4) is 0 Å². The number of hydrogen-bond donors (Lipinski definition) is 2. The third-order valence-corrected chi connectivity index (χ3v) is 7.82. The summed E-state index contributed by atoms with van der Waals surface area (Å²) in [5.74, 6) is 1.53. The summed E-state index contributed by atoms with van der Waals surface area (Å²) in [6.45, 7) is 1.18. The van der Waals surface area contributed by atoms with Crippen molar-refractivity contribution in [2.24, 2.45) is 5.92 Å². The highest BCUT2D eigenvalue weighted by Gasteiger charge is 2.49. The van der Waals surface area contributed by atoms with Crippen LogP contribution in [-0.2, 0) is 4.79 Å². The smallest absolute Gasteiger partial charge is 0.238 e. The summed E-state index contributed by atoms with van der Waals surface area (Å²) in [6, 6.07) is 20.0.